The first-order valence-electron chi connectivity index (χ1n) is 5.12. The van der Waals surface area contributed by atoms with Crippen molar-refractivity contribution in [1.29, 1.82) is 0 Å². The Kier molecular flexibility index (Phi) is 4.48. The second-order valence-corrected chi connectivity index (χ2v) is 3.61. The summed E-state index contributed by atoms with van der Waals surface area (Å²) in [5.74, 6) is 4.20. The molecule has 0 aromatic carbocycles. The van der Waals surface area contributed by atoms with Gasteiger partial charge in [-0.2, -0.15) is 18.2 Å². The summed E-state index contributed by atoms with van der Waals surface area (Å²) in [4.78, 5) is 19.4. The molecular weight excluding hydrogens is 265 g/mol. The predicted octanol–water partition coefficient (Wildman–Crippen LogP) is -0.0368. The van der Waals surface area contributed by atoms with Gasteiger partial charge in [-0.25, -0.2) is 10.8 Å². The monoisotopic (exact) mass is 278 g/mol. The van der Waals surface area contributed by atoms with E-state index in [2.05, 4.69) is 15.3 Å². The SMILES string of the molecule is CNC(=O)CN(C)c1cc(C(F)(F)F)nc(NN)n1. The van der Waals surface area contributed by atoms with E-state index in [0.717, 1.165) is 6.07 Å². The molecule has 1 amide bonds. The van der Waals surface area contributed by atoms with Crippen LogP contribution in [0.5, 0.6) is 0 Å². The van der Waals surface area contributed by atoms with Crippen LogP contribution >= 0.6 is 0 Å². The molecule has 0 aliphatic rings. The lowest BCUT2D eigenvalue weighted by Crippen LogP contribution is -2.33. The molecule has 10 heteroatoms. The Morgan fingerprint density at radius 3 is 2.58 bits per heavy atom. The van der Waals surface area contributed by atoms with E-state index in [0.29, 0.717) is 0 Å². The summed E-state index contributed by atoms with van der Waals surface area (Å²) in [6.45, 7) is -0.144. The van der Waals surface area contributed by atoms with Gasteiger partial charge in [0.25, 0.3) is 0 Å². The van der Waals surface area contributed by atoms with Crippen molar-refractivity contribution >= 4 is 17.7 Å². The second-order valence-electron chi connectivity index (χ2n) is 3.61. The van der Waals surface area contributed by atoms with E-state index in [1.54, 1.807) is 0 Å². The van der Waals surface area contributed by atoms with E-state index in [-0.39, 0.29) is 24.2 Å². The first kappa shape index (κ1) is 15.0. The van der Waals surface area contributed by atoms with Gasteiger partial charge < -0.3 is 10.2 Å². The average molecular weight is 278 g/mol. The highest BCUT2D eigenvalue weighted by atomic mass is 19.4. The first-order valence-corrected chi connectivity index (χ1v) is 5.12. The lowest BCUT2D eigenvalue weighted by atomic mass is 10.3. The predicted molar refractivity (Wildman–Crippen MR) is 62.2 cm³/mol. The van der Waals surface area contributed by atoms with Crippen molar-refractivity contribution in [2.75, 3.05) is 31.0 Å². The number of hydrogen-bond acceptors (Lipinski definition) is 6. The van der Waals surface area contributed by atoms with Crippen LogP contribution in [0.25, 0.3) is 0 Å². The molecule has 0 radical (unpaired) electrons. The summed E-state index contributed by atoms with van der Waals surface area (Å²) in [5, 5.41) is 2.35. The number of nitrogen functional groups attached to an aromatic ring is 1. The summed E-state index contributed by atoms with van der Waals surface area (Å²) in [6, 6.07) is 0.740. The normalized spacial score (nSPS) is 11.1. The number of anilines is 2. The van der Waals surface area contributed by atoms with Gasteiger partial charge in [0.15, 0.2) is 5.69 Å². The molecule has 4 N–H and O–H groups in total. The van der Waals surface area contributed by atoms with Crippen LogP contribution in [0, 0.1) is 0 Å². The molecule has 0 spiro atoms. The number of amides is 1. The van der Waals surface area contributed by atoms with Crippen LogP contribution in [0.15, 0.2) is 6.07 Å². The molecule has 0 saturated carbocycles. The highest BCUT2D eigenvalue weighted by Gasteiger charge is 2.34. The Labute approximate surface area is 107 Å². The summed E-state index contributed by atoms with van der Waals surface area (Å²) in [6.07, 6.45) is -4.63. The minimum atomic E-state index is -4.63. The van der Waals surface area contributed by atoms with Crippen LogP contribution < -0.4 is 21.5 Å². The Morgan fingerprint density at radius 2 is 2.11 bits per heavy atom. The summed E-state index contributed by atoms with van der Waals surface area (Å²) < 4.78 is 37.9. The average Bonchev–Trinajstić information content (AvgIpc) is 2.36. The van der Waals surface area contributed by atoms with Crippen LogP contribution in [0.3, 0.4) is 0 Å². The van der Waals surface area contributed by atoms with Crippen LogP contribution in [-0.4, -0.2) is 36.5 Å². The van der Waals surface area contributed by atoms with Gasteiger partial charge in [0.2, 0.25) is 11.9 Å². The number of hydrazine groups is 1. The number of aromatic nitrogens is 2. The molecule has 0 unspecified atom stereocenters. The summed E-state index contributed by atoms with van der Waals surface area (Å²) in [5.41, 5.74) is 0.808. The van der Waals surface area contributed by atoms with E-state index in [1.807, 2.05) is 5.43 Å². The highest BCUT2D eigenvalue weighted by Crippen LogP contribution is 2.30. The summed E-state index contributed by atoms with van der Waals surface area (Å²) >= 11 is 0. The summed E-state index contributed by atoms with van der Waals surface area (Å²) in [7, 11) is 2.85. The number of carbonyl (C=O) groups excluding carboxylic acids is 1. The number of halogens is 3. The number of alkyl halides is 3. The van der Waals surface area contributed by atoms with Crippen LogP contribution in [0.4, 0.5) is 24.9 Å². The van der Waals surface area contributed by atoms with Gasteiger partial charge in [-0.1, -0.05) is 0 Å². The quantitative estimate of drug-likeness (QED) is 0.528. The maximum absolute atomic E-state index is 12.6. The highest BCUT2D eigenvalue weighted by molar-refractivity contribution is 5.80. The van der Waals surface area contributed by atoms with Crippen molar-refractivity contribution in [1.82, 2.24) is 15.3 Å². The Hall–Kier alpha value is -2.10. The molecule has 1 rings (SSSR count). The molecule has 106 valence electrons. The van der Waals surface area contributed by atoms with E-state index in [9.17, 15) is 18.0 Å². The second kappa shape index (κ2) is 5.69. The molecule has 0 atom stereocenters. The lowest BCUT2D eigenvalue weighted by Gasteiger charge is -2.18. The molecule has 7 nitrogen and oxygen atoms in total. The number of hydrogen-bond donors (Lipinski definition) is 3. The minimum Gasteiger partial charge on any atom is -0.358 e. The molecule has 1 aromatic heterocycles. The van der Waals surface area contributed by atoms with Gasteiger partial charge in [0.1, 0.15) is 5.82 Å². The fourth-order valence-electron chi connectivity index (χ4n) is 1.22. The zero-order valence-corrected chi connectivity index (χ0v) is 10.2. The zero-order chi connectivity index (χ0) is 14.6. The van der Waals surface area contributed by atoms with Gasteiger partial charge in [-0.15, -0.1) is 0 Å². The van der Waals surface area contributed by atoms with E-state index >= 15 is 0 Å². The van der Waals surface area contributed by atoms with Gasteiger partial charge in [-0.05, 0) is 0 Å². The van der Waals surface area contributed by atoms with E-state index in [4.69, 9.17) is 5.84 Å². The van der Waals surface area contributed by atoms with E-state index in [1.165, 1.54) is 19.0 Å². The number of nitrogens with zero attached hydrogens (tertiary/aromatic N) is 3. The molecule has 0 aliphatic heterocycles. The Bertz CT molecular complexity index is 464. The fraction of sp³-hybridized carbons (Fsp3) is 0.444. The number of rotatable bonds is 4. The standard InChI is InChI=1S/C9H13F3N6O/c1-14-7(19)4-18(2)6-3-5(9(10,11)12)15-8(16-6)17-13/h3H,4,13H2,1-2H3,(H,14,19)(H,15,16,17). The molecule has 19 heavy (non-hydrogen) atoms. The van der Waals surface area contributed by atoms with Crippen molar-refractivity contribution < 1.29 is 18.0 Å². The molecular formula is C9H13F3N6O. The first-order chi connectivity index (χ1) is 8.77. The smallest absolute Gasteiger partial charge is 0.358 e. The third-order valence-corrected chi connectivity index (χ3v) is 2.18. The third kappa shape index (κ3) is 3.95. The topological polar surface area (TPSA) is 96.2 Å². The molecule has 0 aliphatic carbocycles. The van der Waals surface area contributed by atoms with Crippen LogP contribution in [0.1, 0.15) is 5.69 Å². The maximum Gasteiger partial charge on any atom is 0.433 e. The van der Waals surface area contributed by atoms with Gasteiger partial charge in [0, 0.05) is 20.2 Å². The number of likely N-dealkylation sites (N-methyl/N-ethyl adjacent to an activating group) is 2. The van der Waals surface area contributed by atoms with Gasteiger partial charge in [0.05, 0.1) is 6.54 Å². The van der Waals surface area contributed by atoms with Crippen molar-refractivity contribution in [2.24, 2.45) is 5.84 Å². The molecule has 0 fully saturated rings. The van der Waals surface area contributed by atoms with Gasteiger partial charge in [-0.3, -0.25) is 10.2 Å². The van der Waals surface area contributed by atoms with Crippen LogP contribution in [0.2, 0.25) is 0 Å². The van der Waals surface area contributed by atoms with E-state index < -0.39 is 11.9 Å². The Morgan fingerprint density at radius 1 is 1.47 bits per heavy atom. The molecule has 1 aromatic rings. The third-order valence-electron chi connectivity index (χ3n) is 2.18. The molecule has 1 heterocycles. The van der Waals surface area contributed by atoms with Crippen molar-refractivity contribution in [3.63, 3.8) is 0 Å². The lowest BCUT2D eigenvalue weighted by molar-refractivity contribution is -0.141. The number of carbonyl (C=O) groups is 1. The molecule has 0 saturated heterocycles. The number of nitrogens with two attached hydrogens (primary N) is 1. The van der Waals surface area contributed by atoms with Crippen molar-refractivity contribution in [3.05, 3.63) is 11.8 Å². The van der Waals surface area contributed by atoms with Crippen molar-refractivity contribution in [2.45, 2.75) is 6.18 Å². The zero-order valence-electron chi connectivity index (χ0n) is 10.2. The molecule has 0 bridgehead atoms. The van der Waals surface area contributed by atoms with Crippen molar-refractivity contribution in [3.8, 4) is 0 Å². The Balaban J connectivity index is 3.09. The fourth-order valence-corrected chi connectivity index (χ4v) is 1.22. The number of nitrogens with one attached hydrogen (secondary N) is 2. The largest absolute Gasteiger partial charge is 0.433 e. The van der Waals surface area contributed by atoms with Crippen LogP contribution in [-0.2, 0) is 11.0 Å². The van der Waals surface area contributed by atoms with Gasteiger partial charge >= 0.3 is 6.18 Å². The maximum atomic E-state index is 12.6. The minimum absolute atomic E-state index is 0.0705.